The van der Waals surface area contributed by atoms with E-state index in [-0.39, 0.29) is 0 Å². The zero-order valence-corrected chi connectivity index (χ0v) is 8.31. The van der Waals surface area contributed by atoms with Crippen molar-refractivity contribution < 1.29 is 4.79 Å². The highest BCUT2D eigenvalue weighted by Gasteiger charge is 1.95. The Morgan fingerprint density at radius 2 is 2.08 bits per heavy atom. The molecule has 2 nitrogen and oxygen atoms in total. The average Bonchev–Trinajstić information content (AvgIpc) is 2.10. The van der Waals surface area contributed by atoms with Crippen molar-refractivity contribution in [1.29, 1.82) is 0 Å². The summed E-state index contributed by atoms with van der Waals surface area (Å²) in [6.45, 7) is 5.48. The molecule has 1 N–H and O–H groups in total. The zero-order chi connectivity index (χ0) is 9.23. The van der Waals surface area contributed by atoms with Crippen molar-refractivity contribution in [2.75, 3.05) is 6.54 Å². The Morgan fingerprint density at radius 1 is 1.33 bits per heavy atom. The van der Waals surface area contributed by atoms with E-state index in [0.717, 1.165) is 25.7 Å². The molecule has 0 aromatic heterocycles. The Balaban J connectivity index is 2.95. The monoisotopic (exact) mass is 171 g/mol. The first kappa shape index (κ1) is 11.6. The Kier molecular flexibility index (Phi) is 8.46. The Hall–Kier alpha value is -0.370. The first-order valence-corrected chi connectivity index (χ1v) is 4.98. The van der Waals surface area contributed by atoms with Gasteiger partial charge in [-0.25, -0.2) is 0 Å². The normalized spacial score (nSPS) is 12.8. The molecule has 0 aliphatic carbocycles. The van der Waals surface area contributed by atoms with Crippen LogP contribution in [0.25, 0.3) is 0 Å². The molecule has 0 saturated heterocycles. The summed E-state index contributed by atoms with van der Waals surface area (Å²) < 4.78 is 0. The summed E-state index contributed by atoms with van der Waals surface area (Å²) in [6, 6.07) is 0.635. The van der Waals surface area contributed by atoms with E-state index in [1.165, 1.54) is 19.3 Å². The minimum absolute atomic E-state index is 0.635. The summed E-state index contributed by atoms with van der Waals surface area (Å²) in [7, 11) is 0. The molecule has 0 saturated carbocycles. The lowest BCUT2D eigenvalue weighted by Crippen LogP contribution is -2.25. The first-order chi connectivity index (χ1) is 5.81. The highest BCUT2D eigenvalue weighted by molar-refractivity contribution is 5.48. The third kappa shape index (κ3) is 7.73. The van der Waals surface area contributed by atoms with Gasteiger partial charge in [-0.3, -0.25) is 0 Å². The summed E-state index contributed by atoms with van der Waals surface area (Å²) in [5.74, 6) is 0. The second-order valence-electron chi connectivity index (χ2n) is 3.28. The fraction of sp³-hybridized carbons (Fsp3) is 0.900. The van der Waals surface area contributed by atoms with Crippen molar-refractivity contribution in [3.63, 3.8) is 0 Å². The molecule has 0 aromatic rings. The zero-order valence-electron chi connectivity index (χ0n) is 8.31. The molecule has 0 heterocycles. The molecule has 0 amide bonds. The van der Waals surface area contributed by atoms with E-state index < -0.39 is 0 Å². The number of carbonyl (C=O) groups is 1. The Bertz CT molecular complexity index is 104. The average molecular weight is 171 g/mol. The lowest BCUT2D eigenvalue weighted by Gasteiger charge is -2.10. The molecule has 2 heteroatoms. The molecule has 72 valence electrons. The van der Waals surface area contributed by atoms with Gasteiger partial charge in [0.15, 0.2) is 0 Å². The van der Waals surface area contributed by atoms with Crippen LogP contribution in [0.1, 0.15) is 46.0 Å². The van der Waals surface area contributed by atoms with Crippen molar-refractivity contribution in [3.8, 4) is 0 Å². The van der Waals surface area contributed by atoms with Crippen LogP contribution in [-0.4, -0.2) is 18.9 Å². The maximum atomic E-state index is 9.98. The maximum absolute atomic E-state index is 9.98. The van der Waals surface area contributed by atoms with E-state index in [1.807, 2.05) is 0 Å². The summed E-state index contributed by atoms with van der Waals surface area (Å²) in [5.41, 5.74) is 0. The number of hydrogen-bond donors (Lipinski definition) is 1. The molecule has 12 heavy (non-hydrogen) atoms. The van der Waals surface area contributed by atoms with Gasteiger partial charge in [0, 0.05) is 12.5 Å². The molecule has 0 rings (SSSR count). The smallest absolute Gasteiger partial charge is 0.119 e. The van der Waals surface area contributed by atoms with E-state index in [4.69, 9.17) is 0 Å². The van der Waals surface area contributed by atoms with Gasteiger partial charge in [-0.2, -0.15) is 0 Å². The molecule has 0 aromatic carbocycles. The van der Waals surface area contributed by atoms with Crippen LogP contribution in [0, 0.1) is 0 Å². The van der Waals surface area contributed by atoms with E-state index in [2.05, 4.69) is 19.2 Å². The fourth-order valence-electron chi connectivity index (χ4n) is 1.02. The van der Waals surface area contributed by atoms with E-state index >= 15 is 0 Å². The Labute approximate surface area is 75.7 Å². The SMILES string of the molecule is CCC(C)NCCCCCC=O. The van der Waals surface area contributed by atoms with Crippen molar-refractivity contribution in [2.45, 2.75) is 52.0 Å². The molecule has 1 atom stereocenters. The van der Waals surface area contributed by atoms with Gasteiger partial charge in [0.25, 0.3) is 0 Å². The van der Waals surface area contributed by atoms with Crippen LogP contribution in [0.4, 0.5) is 0 Å². The van der Waals surface area contributed by atoms with Crippen molar-refractivity contribution in [2.24, 2.45) is 0 Å². The van der Waals surface area contributed by atoms with Gasteiger partial charge < -0.3 is 10.1 Å². The second kappa shape index (κ2) is 8.72. The van der Waals surface area contributed by atoms with E-state index in [9.17, 15) is 4.79 Å². The van der Waals surface area contributed by atoms with Gasteiger partial charge in [0.2, 0.25) is 0 Å². The lowest BCUT2D eigenvalue weighted by molar-refractivity contribution is -0.107. The highest BCUT2D eigenvalue weighted by atomic mass is 16.1. The fourth-order valence-corrected chi connectivity index (χ4v) is 1.02. The van der Waals surface area contributed by atoms with Crippen molar-refractivity contribution in [1.82, 2.24) is 5.32 Å². The van der Waals surface area contributed by atoms with Gasteiger partial charge in [0.1, 0.15) is 6.29 Å². The molecule has 0 spiro atoms. The summed E-state index contributed by atoms with van der Waals surface area (Å²) >= 11 is 0. The topological polar surface area (TPSA) is 29.1 Å². The van der Waals surface area contributed by atoms with E-state index in [0.29, 0.717) is 6.04 Å². The molecule has 1 unspecified atom stereocenters. The Morgan fingerprint density at radius 3 is 2.67 bits per heavy atom. The van der Waals surface area contributed by atoms with Gasteiger partial charge >= 0.3 is 0 Å². The summed E-state index contributed by atoms with van der Waals surface area (Å²) in [5, 5.41) is 3.42. The molecule has 0 bridgehead atoms. The standard InChI is InChI=1S/C10H21NO/c1-3-10(2)11-8-6-4-5-7-9-12/h9-11H,3-8H2,1-2H3. The molecular formula is C10H21NO. The summed E-state index contributed by atoms with van der Waals surface area (Å²) in [6.07, 6.45) is 6.33. The number of unbranched alkanes of at least 4 members (excludes halogenated alkanes) is 3. The quantitative estimate of drug-likeness (QED) is 0.448. The van der Waals surface area contributed by atoms with Crippen molar-refractivity contribution in [3.05, 3.63) is 0 Å². The van der Waals surface area contributed by atoms with Crippen LogP contribution < -0.4 is 5.32 Å². The van der Waals surface area contributed by atoms with Crippen LogP contribution in [0.5, 0.6) is 0 Å². The maximum Gasteiger partial charge on any atom is 0.119 e. The van der Waals surface area contributed by atoms with Crippen LogP contribution in [-0.2, 0) is 4.79 Å². The van der Waals surface area contributed by atoms with Gasteiger partial charge in [-0.1, -0.05) is 13.3 Å². The molecule has 0 aliphatic heterocycles. The van der Waals surface area contributed by atoms with Crippen LogP contribution >= 0.6 is 0 Å². The number of hydrogen-bond acceptors (Lipinski definition) is 2. The molecule has 0 fully saturated rings. The lowest BCUT2D eigenvalue weighted by atomic mass is 10.2. The van der Waals surface area contributed by atoms with Gasteiger partial charge in [-0.15, -0.1) is 0 Å². The number of nitrogens with one attached hydrogen (secondary N) is 1. The number of carbonyl (C=O) groups excluding carboxylic acids is 1. The van der Waals surface area contributed by atoms with Gasteiger partial charge in [0.05, 0.1) is 0 Å². The first-order valence-electron chi connectivity index (χ1n) is 4.98. The second-order valence-corrected chi connectivity index (χ2v) is 3.28. The summed E-state index contributed by atoms with van der Waals surface area (Å²) in [4.78, 5) is 9.98. The van der Waals surface area contributed by atoms with Crippen LogP contribution in [0.2, 0.25) is 0 Å². The largest absolute Gasteiger partial charge is 0.314 e. The molecule has 0 radical (unpaired) electrons. The predicted molar refractivity (Wildman–Crippen MR) is 52.3 cm³/mol. The highest BCUT2D eigenvalue weighted by Crippen LogP contribution is 1.97. The van der Waals surface area contributed by atoms with Crippen LogP contribution in [0.3, 0.4) is 0 Å². The predicted octanol–water partition coefficient (Wildman–Crippen LogP) is 2.13. The van der Waals surface area contributed by atoms with Gasteiger partial charge in [-0.05, 0) is 32.7 Å². The molecular weight excluding hydrogens is 150 g/mol. The van der Waals surface area contributed by atoms with Crippen molar-refractivity contribution >= 4 is 6.29 Å². The van der Waals surface area contributed by atoms with E-state index in [1.54, 1.807) is 0 Å². The minimum atomic E-state index is 0.635. The van der Waals surface area contributed by atoms with Crippen LogP contribution in [0.15, 0.2) is 0 Å². The number of rotatable bonds is 8. The number of aldehydes is 1. The third-order valence-corrected chi connectivity index (χ3v) is 2.10. The third-order valence-electron chi connectivity index (χ3n) is 2.10. The minimum Gasteiger partial charge on any atom is -0.314 e. The molecule has 0 aliphatic rings.